The highest BCUT2D eigenvalue weighted by atomic mass is 16.2. The Kier molecular flexibility index (Phi) is 2.86. The molecule has 1 aromatic rings. The molecule has 0 spiro atoms. The molecule has 5 heteroatoms. The minimum Gasteiger partial charge on any atom is -0.335 e. The maximum atomic E-state index is 12.4. The van der Waals surface area contributed by atoms with Crippen LogP contribution in [-0.2, 0) is 7.05 Å². The molecule has 1 amide bonds. The normalized spacial score (nSPS) is 31.4. The molecule has 3 unspecified atom stereocenters. The van der Waals surface area contributed by atoms with Crippen LogP contribution < -0.4 is 5.73 Å². The van der Waals surface area contributed by atoms with Crippen LogP contribution in [0.3, 0.4) is 0 Å². The standard InChI is InChI=1S/C13H20N4O/c1-16-6-5-15-12(16)13(18)17-7-9-3-2-4-11(14)10(9)8-17/h5-6,9-11H,2-4,7-8,14H2,1H3. The molecule has 0 radical (unpaired) electrons. The maximum absolute atomic E-state index is 12.4. The third-order valence-electron chi connectivity index (χ3n) is 4.45. The molecule has 1 aliphatic heterocycles. The van der Waals surface area contributed by atoms with Crippen molar-refractivity contribution in [2.24, 2.45) is 24.6 Å². The van der Waals surface area contributed by atoms with E-state index in [1.165, 1.54) is 12.8 Å². The number of aryl methyl sites for hydroxylation is 1. The topological polar surface area (TPSA) is 64.2 Å². The fraction of sp³-hybridized carbons (Fsp3) is 0.692. The summed E-state index contributed by atoms with van der Waals surface area (Å²) in [7, 11) is 1.86. The van der Waals surface area contributed by atoms with E-state index in [0.717, 1.165) is 19.5 Å². The Morgan fingerprint density at radius 3 is 2.94 bits per heavy atom. The molecule has 2 fully saturated rings. The van der Waals surface area contributed by atoms with Crippen molar-refractivity contribution in [3.63, 3.8) is 0 Å². The Morgan fingerprint density at radius 2 is 2.28 bits per heavy atom. The molecule has 2 N–H and O–H groups in total. The molecule has 5 nitrogen and oxygen atoms in total. The van der Waals surface area contributed by atoms with E-state index in [9.17, 15) is 4.79 Å². The van der Waals surface area contributed by atoms with Crippen LogP contribution in [0.2, 0.25) is 0 Å². The van der Waals surface area contributed by atoms with Gasteiger partial charge in [0.05, 0.1) is 0 Å². The predicted octanol–water partition coefficient (Wildman–Crippen LogP) is 0.620. The van der Waals surface area contributed by atoms with Gasteiger partial charge in [0.25, 0.3) is 5.91 Å². The van der Waals surface area contributed by atoms with Crippen molar-refractivity contribution in [2.75, 3.05) is 13.1 Å². The van der Waals surface area contributed by atoms with E-state index in [2.05, 4.69) is 4.98 Å². The molecule has 1 saturated carbocycles. The summed E-state index contributed by atoms with van der Waals surface area (Å²) in [6, 6.07) is 0.267. The highest BCUT2D eigenvalue weighted by Crippen LogP contribution is 2.35. The number of hydrogen-bond donors (Lipinski definition) is 1. The van der Waals surface area contributed by atoms with Crippen LogP contribution in [0.4, 0.5) is 0 Å². The van der Waals surface area contributed by atoms with E-state index in [-0.39, 0.29) is 11.9 Å². The number of aromatic nitrogens is 2. The lowest BCUT2D eigenvalue weighted by atomic mass is 9.78. The van der Waals surface area contributed by atoms with Crippen molar-refractivity contribution in [1.82, 2.24) is 14.5 Å². The second kappa shape index (κ2) is 4.39. The Bertz CT molecular complexity index is 456. The molecule has 1 aromatic heterocycles. The zero-order valence-electron chi connectivity index (χ0n) is 10.7. The number of carbonyl (C=O) groups excluding carboxylic acids is 1. The molecule has 2 heterocycles. The van der Waals surface area contributed by atoms with Crippen LogP contribution in [0.1, 0.15) is 29.9 Å². The number of imidazole rings is 1. The molecule has 98 valence electrons. The minimum absolute atomic E-state index is 0.0455. The predicted molar refractivity (Wildman–Crippen MR) is 67.9 cm³/mol. The summed E-state index contributed by atoms with van der Waals surface area (Å²) >= 11 is 0. The van der Waals surface area contributed by atoms with Crippen molar-refractivity contribution in [3.05, 3.63) is 18.2 Å². The van der Waals surface area contributed by atoms with Crippen molar-refractivity contribution >= 4 is 5.91 Å². The average molecular weight is 248 g/mol. The molecule has 1 aliphatic carbocycles. The van der Waals surface area contributed by atoms with Gasteiger partial charge in [-0.3, -0.25) is 4.79 Å². The van der Waals surface area contributed by atoms with Crippen molar-refractivity contribution < 1.29 is 4.79 Å². The number of amides is 1. The lowest BCUT2D eigenvalue weighted by Gasteiger charge is -2.29. The lowest BCUT2D eigenvalue weighted by Crippen LogP contribution is -2.38. The summed E-state index contributed by atoms with van der Waals surface area (Å²) in [6.07, 6.45) is 6.99. The van der Waals surface area contributed by atoms with Gasteiger partial charge in [-0.25, -0.2) is 4.98 Å². The van der Waals surface area contributed by atoms with Gasteiger partial charge in [-0.15, -0.1) is 0 Å². The monoisotopic (exact) mass is 248 g/mol. The van der Waals surface area contributed by atoms with Crippen LogP contribution in [0, 0.1) is 11.8 Å². The molecular formula is C13H20N4O. The summed E-state index contributed by atoms with van der Waals surface area (Å²) in [5.74, 6) is 1.66. The largest absolute Gasteiger partial charge is 0.335 e. The fourth-order valence-corrected chi connectivity index (χ4v) is 3.40. The number of nitrogens with zero attached hydrogens (tertiary/aromatic N) is 3. The van der Waals surface area contributed by atoms with Gasteiger partial charge in [-0.1, -0.05) is 6.42 Å². The number of fused-ring (bicyclic) bond motifs is 1. The number of rotatable bonds is 1. The van der Waals surface area contributed by atoms with Gasteiger partial charge in [0.2, 0.25) is 0 Å². The maximum Gasteiger partial charge on any atom is 0.289 e. The summed E-state index contributed by atoms with van der Waals surface area (Å²) in [4.78, 5) is 18.5. The van der Waals surface area contributed by atoms with E-state index in [1.54, 1.807) is 10.8 Å². The van der Waals surface area contributed by atoms with Crippen molar-refractivity contribution in [2.45, 2.75) is 25.3 Å². The van der Waals surface area contributed by atoms with E-state index in [1.807, 2.05) is 18.1 Å². The number of hydrogen-bond acceptors (Lipinski definition) is 3. The van der Waals surface area contributed by atoms with Crippen molar-refractivity contribution in [1.29, 1.82) is 0 Å². The summed E-state index contributed by atoms with van der Waals surface area (Å²) < 4.78 is 1.78. The molecule has 18 heavy (non-hydrogen) atoms. The average Bonchev–Trinajstić information content (AvgIpc) is 2.95. The van der Waals surface area contributed by atoms with Crippen LogP contribution in [0.15, 0.2) is 12.4 Å². The van der Waals surface area contributed by atoms with Crippen LogP contribution >= 0.6 is 0 Å². The van der Waals surface area contributed by atoms with Crippen molar-refractivity contribution in [3.8, 4) is 0 Å². The van der Waals surface area contributed by atoms with Gasteiger partial charge in [0.1, 0.15) is 0 Å². The van der Waals surface area contributed by atoms with Gasteiger partial charge < -0.3 is 15.2 Å². The van der Waals surface area contributed by atoms with Crippen LogP contribution in [-0.4, -0.2) is 39.5 Å². The first-order chi connectivity index (χ1) is 8.66. The first-order valence-corrected chi connectivity index (χ1v) is 6.69. The van der Waals surface area contributed by atoms with Gasteiger partial charge in [-0.05, 0) is 24.7 Å². The Labute approximate surface area is 107 Å². The van der Waals surface area contributed by atoms with Gasteiger partial charge in [-0.2, -0.15) is 0 Å². The summed E-state index contributed by atoms with van der Waals surface area (Å²) in [5, 5.41) is 0. The SMILES string of the molecule is Cn1ccnc1C(=O)N1CC2CCCC(N)C2C1. The second-order valence-corrected chi connectivity index (χ2v) is 5.59. The first-order valence-electron chi connectivity index (χ1n) is 6.69. The number of nitrogens with two attached hydrogens (primary N) is 1. The van der Waals surface area contributed by atoms with Crippen LogP contribution in [0.5, 0.6) is 0 Å². The first kappa shape index (κ1) is 11.7. The third-order valence-corrected chi connectivity index (χ3v) is 4.45. The summed E-state index contributed by atoms with van der Waals surface area (Å²) in [6.45, 7) is 1.65. The second-order valence-electron chi connectivity index (χ2n) is 5.59. The summed E-state index contributed by atoms with van der Waals surface area (Å²) in [5.41, 5.74) is 6.17. The Balaban J connectivity index is 1.75. The highest BCUT2D eigenvalue weighted by Gasteiger charge is 2.41. The zero-order valence-corrected chi connectivity index (χ0v) is 10.7. The van der Waals surface area contributed by atoms with Crippen LogP contribution in [0.25, 0.3) is 0 Å². The molecular weight excluding hydrogens is 228 g/mol. The van der Waals surface area contributed by atoms with E-state index >= 15 is 0 Å². The van der Waals surface area contributed by atoms with Gasteiger partial charge >= 0.3 is 0 Å². The molecule has 0 bridgehead atoms. The highest BCUT2D eigenvalue weighted by molar-refractivity contribution is 5.91. The lowest BCUT2D eigenvalue weighted by molar-refractivity contribution is 0.0768. The minimum atomic E-state index is 0.0455. The molecule has 2 aliphatic rings. The third kappa shape index (κ3) is 1.82. The number of carbonyl (C=O) groups is 1. The Hall–Kier alpha value is -1.36. The molecule has 0 aromatic carbocycles. The quantitative estimate of drug-likeness (QED) is 0.792. The molecule has 3 atom stereocenters. The molecule has 3 rings (SSSR count). The smallest absolute Gasteiger partial charge is 0.289 e. The fourth-order valence-electron chi connectivity index (χ4n) is 3.40. The van der Waals surface area contributed by atoms with E-state index < -0.39 is 0 Å². The van der Waals surface area contributed by atoms with E-state index in [4.69, 9.17) is 5.73 Å². The van der Waals surface area contributed by atoms with Gasteiger partial charge in [0.15, 0.2) is 5.82 Å². The number of likely N-dealkylation sites (tertiary alicyclic amines) is 1. The van der Waals surface area contributed by atoms with E-state index in [0.29, 0.717) is 17.7 Å². The molecule has 1 saturated heterocycles. The Morgan fingerprint density at radius 1 is 1.44 bits per heavy atom. The zero-order chi connectivity index (χ0) is 12.7. The van der Waals surface area contributed by atoms with Gasteiger partial charge in [0, 0.05) is 38.6 Å².